The van der Waals surface area contributed by atoms with Crippen molar-refractivity contribution in [2.24, 2.45) is 5.41 Å². The van der Waals surface area contributed by atoms with Crippen LogP contribution in [0.4, 0.5) is 0 Å². The van der Waals surface area contributed by atoms with Crippen molar-refractivity contribution in [1.29, 1.82) is 0 Å². The van der Waals surface area contributed by atoms with E-state index in [-0.39, 0.29) is 11.4 Å². The maximum atomic E-state index is 10.9. The van der Waals surface area contributed by atoms with Crippen molar-refractivity contribution >= 4 is 5.97 Å². The van der Waals surface area contributed by atoms with Crippen LogP contribution >= 0.6 is 0 Å². The summed E-state index contributed by atoms with van der Waals surface area (Å²) in [5.41, 5.74) is 0.272. The molecule has 1 aliphatic heterocycles. The quantitative estimate of drug-likeness (QED) is 0.601. The highest BCUT2D eigenvalue weighted by atomic mass is 16.5. The minimum Gasteiger partial charge on any atom is -0.469 e. The fourth-order valence-corrected chi connectivity index (χ4v) is 1.39. The number of methoxy groups -OCH3 is 1. The van der Waals surface area contributed by atoms with E-state index in [2.05, 4.69) is 11.7 Å². The standard InChI is InChI=1S/C9H16O3/c1-3-9(6-12-7-9)5-4-8(10)11-2/h3-7H2,1-2H3. The third kappa shape index (κ3) is 1.97. The molecule has 0 bridgehead atoms. The summed E-state index contributed by atoms with van der Waals surface area (Å²) in [6.45, 7) is 3.75. The molecule has 3 nitrogen and oxygen atoms in total. The average molecular weight is 172 g/mol. The van der Waals surface area contributed by atoms with Crippen molar-refractivity contribution in [3.8, 4) is 0 Å². The fraction of sp³-hybridized carbons (Fsp3) is 0.889. The second-order valence-electron chi connectivity index (χ2n) is 3.42. The van der Waals surface area contributed by atoms with E-state index >= 15 is 0 Å². The molecule has 0 unspecified atom stereocenters. The molecule has 3 heteroatoms. The first-order valence-electron chi connectivity index (χ1n) is 4.37. The first kappa shape index (κ1) is 9.52. The van der Waals surface area contributed by atoms with Gasteiger partial charge in [0.05, 0.1) is 20.3 Å². The van der Waals surface area contributed by atoms with Gasteiger partial charge in [0.1, 0.15) is 0 Å². The summed E-state index contributed by atoms with van der Waals surface area (Å²) < 4.78 is 9.72. The van der Waals surface area contributed by atoms with Crippen molar-refractivity contribution in [3.05, 3.63) is 0 Å². The zero-order chi connectivity index (χ0) is 9.03. The molecular formula is C9H16O3. The zero-order valence-corrected chi connectivity index (χ0v) is 7.76. The van der Waals surface area contributed by atoms with E-state index in [1.54, 1.807) is 0 Å². The highest BCUT2D eigenvalue weighted by Gasteiger charge is 2.36. The number of hydrogen-bond donors (Lipinski definition) is 0. The molecule has 0 radical (unpaired) electrons. The Balaban J connectivity index is 2.24. The predicted octanol–water partition coefficient (Wildman–Crippen LogP) is 1.37. The molecule has 1 fully saturated rings. The summed E-state index contributed by atoms with van der Waals surface area (Å²) >= 11 is 0. The van der Waals surface area contributed by atoms with Crippen LogP contribution in [-0.4, -0.2) is 26.3 Å². The summed E-state index contributed by atoms with van der Waals surface area (Å²) in [7, 11) is 1.43. The number of rotatable bonds is 4. The second kappa shape index (κ2) is 3.90. The largest absolute Gasteiger partial charge is 0.469 e. The Kier molecular flexibility index (Phi) is 3.09. The molecule has 0 aromatic carbocycles. The summed E-state index contributed by atoms with van der Waals surface area (Å²) in [5.74, 6) is -0.116. The van der Waals surface area contributed by atoms with Gasteiger partial charge in [0.2, 0.25) is 0 Å². The number of ether oxygens (including phenoxy) is 2. The Bertz CT molecular complexity index is 156. The van der Waals surface area contributed by atoms with Gasteiger partial charge < -0.3 is 9.47 Å². The van der Waals surface area contributed by atoms with Crippen LogP contribution in [0.2, 0.25) is 0 Å². The number of hydrogen-bond acceptors (Lipinski definition) is 3. The highest BCUT2D eigenvalue weighted by molar-refractivity contribution is 5.69. The molecule has 0 saturated carbocycles. The normalized spacial score (nSPS) is 19.8. The van der Waals surface area contributed by atoms with Crippen molar-refractivity contribution in [1.82, 2.24) is 0 Å². The number of carbonyl (C=O) groups excluding carboxylic acids is 1. The van der Waals surface area contributed by atoms with Crippen LogP contribution in [0.1, 0.15) is 26.2 Å². The molecule has 1 aliphatic rings. The smallest absolute Gasteiger partial charge is 0.305 e. The van der Waals surface area contributed by atoms with Crippen LogP contribution in [0.25, 0.3) is 0 Å². The molecule has 1 rings (SSSR count). The second-order valence-corrected chi connectivity index (χ2v) is 3.42. The van der Waals surface area contributed by atoms with Crippen LogP contribution in [0, 0.1) is 5.41 Å². The Hall–Kier alpha value is -0.570. The topological polar surface area (TPSA) is 35.5 Å². The molecule has 0 aromatic rings. The van der Waals surface area contributed by atoms with E-state index in [1.807, 2.05) is 0 Å². The average Bonchev–Trinajstić information content (AvgIpc) is 2.03. The van der Waals surface area contributed by atoms with E-state index in [1.165, 1.54) is 7.11 Å². The summed E-state index contributed by atoms with van der Waals surface area (Å²) in [4.78, 5) is 10.9. The van der Waals surface area contributed by atoms with Crippen molar-refractivity contribution in [2.45, 2.75) is 26.2 Å². The van der Waals surface area contributed by atoms with Crippen LogP contribution in [0.3, 0.4) is 0 Å². The Labute approximate surface area is 73.0 Å². The number of esters is 1. The first-order chi connectivity index (χ1) is 5.72. The van der Waals surface area contributed by atoms with Crippen LogP contribution in [0.5, 0.6) is 0 Å². The maximum absolute atomic E-state index is 10.9. The molecule has 0 N–H and O–H groups in total. The van der Waals surface area contributed by atoms with Crippen LogP contribution in [-0.2, 0) is 14.3 Å². The van der Waals surface area contributed by atoms with Crippen molar-refractivity contribution in [3.63, 3.8) is 0 Å². The fourth-order valence-electron chi connectivity index (χ4n) is 1.39. The third-order valence-electron chi connectivity index (χ3n) is 2.65. The molecular weight excluding hydrogens is 156 g/mol. The van der Waals surface area contributed by atoms with Gasteiger partial charge in [0, 0.05) is 11.8 Å². The molecule has 0 spiro atoms. The molecule has 1 heterocycles. The molecule has 0 aromatic heterocycles. The summed E-state index contributed by atoms with van der Waals surface area (Å²) in [6, 6.07) is 0. The SMILES string of the molecule is CCC1(CCC(=O)OC)COC1. The van der Waals surface area contributed by atoms with Crippen molar-refractivity contribution < 1.29 is 14.3 Å². The van der Waals surface area contributed by atoms with Crippen LogP contribution in [0.15, 0.2) is 0 Å². The first-order valence-corrected chi connectivity index (χ1v) is 4.37. The minimum absolute atomic E-state index is 0.116. The van der Waals surface area contributed by atoms with E-state index in [4.69, 9.17) is 4.74 Å². The summed E-state index contributed by atoms with van der Waals surface area (Å²) in [6.07, 6.45) is 2.51. The van der Waals surface area contributed by atoms with Gasteiger partial charge >= 0.3 is 5.97 Å². The molecule has 0 aliphatic carbocycles. The van der Waals surface area contributed by atoms with Gasteiger partial charge in [-0.05, 0) is 12.8 Å². The lowest BCUT2D eigenvalue weighted by Gasteiger charge is -2.40. The minimum atomic E-state index is -0.116. The Morgan fingerprint density at radius 3 is 2.58 bits per heavy atom. The lowest BCUT2D eigenvalue weighted by molar-refractivity contribution is -0.147. The lowest BCUT2D eigenvalue weighted by Crippen LogP contribution is -2.42. The van der Waals surface area contributed by atoms with Crippen molar-refractivity contribution in [2.75, 3.05) is 20.3 Å². The van der Waals surface area contributed by atoms with E-state index in [9.17, 15) is 4.79 Å². The zero-order valence-electron chi connectivity index (χ0n) is 7.76. The highest BCUT2D eigenvalue weighted by Crippen LogP contribution is 2.35. The van der Waals surface area contributed by atoms with Crippen LogP contribution < -0.4 is 0 Å². The van der Waals surface area contributed by atoms with Gasteiger partial charge in [-0.1, -0.05) is 6.92 Å². The third-order valence-corrected chi connectivity index (χ3v) is 2.65. The van der Waals surface area contributed by atoms with Gasteiger partial charge in [0.15, 0.2) is 0 Å². The van der Waals surface area contributed by atoms with Gasteiger partial charge in [-0.3, -0.25) is 4.79 Å². The van der Waals surface area contributed by atoms with E-state index < -0.39 is 0 Å². The van der Waals surface area contributed by atoms with Gasteiger partial charge in [-0.15, -0.1) is 0 Å². The van der Waals surface area contributed by atoms with E-state index in [0.717, 1.165) is 26.1 Å². The molecule has 12 heavy (non-hydrogen) atoms. The molecule has 70 valence electrons. The monoisotopic (exact) mass is 172 g/mol. The van der Waals surface area contributed by atoms with Gasteiger partial charge in [-0.25, -0.2) is 0 Å². The van der Waals surface area contributed by atoms with Gasteiger partial charge in [0.25, 0.3) is 0 Å². The Morgan fingerprint density at radius 2 is 2.25 bits per heavy atom. The Morgan fingerprint density at radius 1 is 1.58 bits per heavy atom. The molecule has 1 saturated heterocycles. The number of carbonyl (C=O) groups is 1. The molecule has 0 atom stereocenters. The van der Waals surface area contributed by atoms with E-state index in [0.29, 0.717) is 6.42 Å². The lowest BCUT2D eigenvalue weighted by atomic mass is 9.79. The molecule has 0 amide bonds. The maximum Gasteiger partial charge on any atom is 0.305 e. The summed E-state index contributed by atoms with van der Waals surface area (Å²) in [5, 5.41) is 0. The van der Waals surface area contributed by atoms with Gasteiger partial charge in [-0.2, -0.15) is 0 Å². The predicted molar refractivity (Wildman–Crippen MR) is 44.8 cm³/mol.